The zero-order chi connectivity index (χ0) is 17.1. The second-order valence-corrected chi connectivity index (χ2v) is 5.99. The van der Waals surface area contributed by atoms with E-state index in [1.807, 2.05) is 0 Å². The number of nitrogens with one attached hydrogen (secondary N) is 1. The highest BCUT2D eigenvalue weighted by Gasteiger charge is 2.16. The van der Waals surface area contributed by atoms with Crippen LogP contribution in [0.3, 0.4) is 0 Å². The molecule has 3 heterocycles. The van der Waals surface area contributed by atoms with Gasteiger partial charge in [0.15, 0.2) is 10.7 Å². The summed E-state index contributed by atoms with van der Waals surface area (Å²) in [6.07, 6.45) is 1.58. The summed E-state index contributed by atoms with van der Waals surface area (Å²) >= 11 is 7.41. The minimum absolute atomic E-state index is 0.0991. The van der Waals surface area contributed by atoms with E-state index in [9.17, 15) is 9.59 Å². The molecule has 0 saturated carbocycles. The molecular weight excluding hydrogens is 352 g/mol. The summed E-state index contributed by atoms with van der Waals surface area (Å²) in [6, 6.07) is 3.30. The largest absolute Gasteiger partial charge is 0.466 e. The first kappa shape index (κ1) is 16.5. The van der Waals surface area contributed by atoms with Gasteiger partial charge in [0.05, 0.1) is 25.0 Å². The predicted octanol–water partition coefficient (Wildman–Crippen LogP) is 3.90. The maximum absolute atomic E-state index is 12.4. The van der Waals surface area contributed by atoms with Gasteiger partial charge >= 0.3 is 5.97 Å². The van der Waals surface area contributed by atoms with Crippen molar-refractivity contribution in [3.8, 4) is 0 Å². The topological polar surface area (TPSA) is 81.4 Å². The van der Waals surface area contributed by atoms with Gasteiger partial charge in [0.1, 0.15) is 5.69 Å². The predicted molar refractivity (Wildman–Crippen MR) is 91.6 cm³/mol. The molecule has 0 radical (unpaired) electrons. The van der Waals surface area contributed by atoms with Crippen molar-refractivity contribution in [2.24, 2.45) is 0 Å². The Kier molecular flexibility index (Phi) is 4.82. The first-order valence-corrected chi connectivity index (χ1v) is 8.46. The highest BCUT2D eigenvalue weighted by molar-refractivity contribution is 7.08. The summed E-state index contributed by atoms with van der Waals surface area (Å²) in [5.74, 6) is -0.754. The summed E-state index contributed by atoms with van der Waals surface area (Å²) in [6.45, 7) is 2.06. The number of anilines is 1. The summed E-state index contributed by atoms with van der Waals surface area (Å²) in [5, 5.41) is 7.12. The lowest BCUT2D eigenvalue weighted by Gasteiger charge is -2.07. The number of fused-ring (bicyclic) bond motifs is 1. The number of pyridine rings is 1. The Balaban J connectivity index is 1.79. The molecule has 0 fully saturated rings. The van der Waals surface area contributed by atoms with Crippen LogP contribution in [0.5, 0.6) is 0 Å². The average Bonchev–Trinajstić information content (AvgIpc) is 3.17. The standard InChI is InChI=1S/C16H13ClN2O4S/c1-2-22-13(20)6-10-7-24-8-12(10)19-16(21)11-5-9-3-4-23-14(9)15(17)18-11/h3-5,7-8H,2,6H2,1H3,(H,19,21). The van der Waals surface area contributed by atoms with E-state index in [-0.39, 0.29) is 23.2 Å². The Morgan fingerprint density at radius 1 is 1.42 bits per heavy atom. The Morgan fingerprint density at radius 2 is 2.25 bits per heavy atom. The zero-order valence-corrected chi connectivity index (χ0v) is 14.2. The Labute approximate surface area is 146 Å². The van der Waals surface area contributed by atoms with E-state index in [0.717, 1.165) is 0 Å². The Bertz CT molecular complexity index is 903. The fourth-order valence-electron chi connectivity index (χ4n) is 2.18. The van der Waals surface area contributed by atoms with Crippen molar-refractivity contribution in [2.45, 2.75) is 13.3 Å². The molecular formula is C16H13ClN2O4S. The second kappa shape index (κ2) is 7.02. The fraction of sp³-hybridized carbons (Fsp3) is 0.188. The summed E-state index contributed by atoms with van der Waals surface area (Å²) in [7, 11) is 0. The molecule has 6 nitrogen and oxygen atoms in total. The van der Waals surface area contributed by atoms with Crippen molar-refractivity contribution in [3.05, 3.63) is 45.6 Å². The van der Waals surface area contributed by atoms with Crippen molar-refractivity contribution in [1.29, 1.82) is 0 Å². The van der Waals surface area contributed by atoms with Crippen LogP contribution in [-0.2, 0) is 16.0 Å². The molecule has 0 aliphatic heterocycles. The van der Waals surface area contributed by atoms with E-state index in [0.29, 0.717) is 28.8 Å². The number of esters is 1. The number of nitrogens with zero attached hydrogens (tertiary/aromatic N) is 1. The smallest absolute Gasteiger partial charge is 0.310 e. The van der Waals surface area contributed by atoms with Crippen molar-refractivity contribution >= 4 is 51.5 Å². The lowest BCUT2D eigenvalue weighted by molar-refractivity contribution is -0.142. The Hall–Kier alpha value is -2.38. The van der Waals surface area contributed by atoms with Gasteiger partial charge in [0, 0.05) is 10.8 Å². The summed E-state index contributed by atoms with van der Waals surface area (Å²) in [4.78, 5) is 28.1. The van der Waals surface area contributed by atoms with Gasteiger partial charge in [0.25, 0.3) is 5.91 Å². The molecule has 0 spiro atoms. The lowest BCUT2D eigenvalue weighted by Crippen LogP contribution is -2.15. The van der Waals surface area contributed by atoms with Gasteiger partial charge in [0.2, 0.25) is 0 Å². The van der Waals surface area contributed by atoms with E-state index >= 15 is 0 Å². The molecule has 0 aromatic carbocycles. The van der Waals surface area contributed by atoms with Crippen LogP contribution in [-0.4, -0.2) is 23.5 Å². The average molecular weight is 365 g/mol. The maximum Gasteiger partial charge on any atom is 0.310 e. The third-order valence-corrected chi connectivity index (χ3v) is 4.31. The summed E-state index contributed by atoms with van der Waals surface area (Å²) < 4.78 is 10.1. The minimum Gasteiger partial charge on any atom is -0.466 e. The second-order valence-electron chi connectivity index (χ2n) is 4.88. The van der Waals surface area contributed by atoms with E-state index in [4.69, 9.17) is 20.8 Å². The molecule has 24 heavy (non-hydrogen) atoms. The van der Waals surface area contributed by atoms with E-state index in [1.165, 1.54) is 17.6 Å². The third kappa shape index (κ3) is 3.42. The van der Waals surface area contributed by atoms with Gasteiger partial charge in [-0.3, -0.25) is 9.59 Å². The monoisotopic (exact) mass is 364 g/mol. The molecule has 1 N–H and O–H groups in total. The number of rotatable bonds is 5. The fourth-order valence-corrected chi connectivity index (χ4v) is 3.21. The van der Waals surface area contributed by atoms with Crippen LogP contribution in [0.4, 0.5) is 5.69 Å². The molecule has 0 saturated heterocycles. The van der Waals surface area contributed by atoms with Crippen molar-refractivity contribution in [1.82, 2.24) is 4.98 Å². The zero-order valence-electron chi connectivity index (χ0n) is 12.7. The Morgan fingerprint density at radius 3 is 3.04 bits per heavy atom. The number of hydrogen-bond donors (Lipinski definition) is 1. The number of aromatic nitrogens is 1. The maximum atomic E-state index is 12.4. The van der Waals surface area contributed by atoms with Crippen LogP contribution < -0.4 is 5.32 Å². The van der Waals surface area contributed by atoms with Gasteiger partial charge in [-0.2, -0.15) is 0 Å². The SMILES string of the molecule is CCOC(=O)Cc1cscc1NC(=O)c1cc2ccoc2c(Cl)n1. The van der Waals surface area contributed by atoms with E-state index in [1.54, 1.807) is 29.8 Å². The normalized spacial score (nSPS) is 10.8. The van der Waals surface area contributed by atoms with Crippen LogP contribution in [0.2, 0.25) is 5.15 Å². The molecule has 0 atom stereocenters. The number of amides is 1. The van der Waals surface area contributed by atoms with Gasteiger partial charge in [-0.25, -0.2) is 4.98 Å². The molecule has 0 aliphatic rings. The van der Waals surface area contributed by atoms with Crippen LogP contribution in [0.1, 0.15) is 23.0 Å². The number of hydrogen-bond acceptors (Lipinski definition) is 6. The molecule has 0 aliphatic carbocycles. The quantitative estimate of drug-likeness (QED) is 0.548. The van der Waals surface area contributed by atoms with Gasteiger partial charge < -0.3 is 14.5 Å². The number of furan rings is 1. The molecule has 124 valence electrons. The van der Waals surface area contributed by atoms with E-state index in [2.05, 4.69) is 10.3 Å². The number of ether oxygens (including phenoxy) is 1. The van der Waals surface area contributed by atoms with Gasteiger partial charge in [-0.1, -0.05) is 11.6 Å². The third-order valence-electron chi connectivity index (χ3n) is 3.26. The van der Waals surface area contributed by atoms with Crippen molar-refractivity contribution < 1.29 is 18.7 Å². The molecule has 3 rings (SSSR count). The number of carbonyl (C=O) groups is 2. The van der Waals surface area contributed by atoms with Crippen LogP contribution in [0, 0.1) is 0 Å². The number of halogens is 1. The van der Waals surface area contributed by atoms with E-state index < -0.39 is 5.91 Å². The number of thiophene rings is 1. The molecule has 3 aromatic rings. The van der Waals surface area contributed by atoms with Crippen LogP contribution in [0.25, 0.3) is 11.0 Å². The molecule has 8 heteroatoms. The first-order chi connectivity index (χ1) is 11.6. The highest BCUT2D eigenvalue weighted by atomic mass is 35.5. The molecule has 0 bridgehead atoms. The molecule has 1 amide bonds. The van der Waals surface area contributed by atoms with Gasteiger partial charge in [-0.05, 0) is 30.0 Å². The first-order valence-electron chi connectivity index (χ1n) is 7.14. The van der Waals surface area contributed by atoms with Crippen molar-refractivity contribution in [3.63, 3.8) is 0 Å². The highest BCUT2D eigenvalue weighted by Crippen LogP contribution is 2.25. The molecule has 3 aromatic heterocycles. The van der Waals surface area contributed by atoms with Crippen LogP contribution in [0.15, 0.2) is 33.6 Å². The lowest BCUT2D eigenvalue weighted by atomic mass is 10.2. The van der Waals surface area contributed by atoms with Gasteiger partial charge in [-0.15, -0.1) is 11.3 Å². The minimum atomic E-state index is -0.413. The number of carbonyl (C=O) groups excluding carboxylic acids is 2. The van der Waals surface area contributed by atoms with Crippen molar-refractivity contribution in [2.75, 3.05) is 11.9 Å². The summed E-state index contributed by atoms with van der Waals surface area (Å²) in [5.41, 5.74) is 1.86. The van der Waals surface area contributed by atoms with Crippen LogP contribution >= 0.6 is 22.9 Å². The molecule has 0 unspecified atom stereocenters.